The molecule has 1 aromatic rings. The van der Waals surface area contributed by atoms with E-state index in [4.69, 9.17) is 11.6 Å². The summed E-state index contributed by atoms with van der Waals surface area (Å²) in [5.74, 6) is 0.160. The van der Waals surface area contributed by atoms with Gasteiger partial charge in [0, 0.05) is 10.9 Å². The summed E-state index contributed by atoms with van der Waals surface area (Å²) in [7, 11) is 0. The van der Waals surface area contributed by atoms with Crippen LogP contribution in [0.5, 0.6) is 0 Å². The van der Waals surface area contributed by atoms with E-state index < -0.39 is 0 Å². The van der Waals surface area contributed by atoms with Crippen LogP contribution in [0, 0.1) is 5.92 Å². The van der Waals surface area contributed by atoms with Crippen molar-refractivity contribution in [3.05, 3.63) is 34.9 Å². The fraction of sp³-hybridized carbons (Fsp3) is 0.533. The topological polar surface area (TPSA) is 17.1 Å². The van der Waals surface area contributed by atoms with Gasteiger partial charge in [-0.15, -0.1) is 0 Å². The molecule has 0 N–H and O–H groups in total. The molecule has 0 bridgehead atoms. The molecule has 0 aliphatic rings. The summed E-state index contributed by atoms with van der Waals surface area (Å²) in [5.41, 5.74) is 1.20. The first-order chi connectivity index (χ1) is 8.26. The Balaban J connectivity index is 2.35. The fourth-order valence-electron chi connectivity index (χ4n) is 1.97. The van der Waals surface area contributed by atoms with Crippen molar-refractivity contribution >= 4 is 17.9 Å². The van der Waals surface area contributed by atoms with Crippen LogP contribution in [0.4, 0.5) is 0 Å². The third-order valence-electron chi connectivity index (χ3n) is 3.03. The number of rotatable bonds is 8. The van der Waals surface area contributed by atoms with E-state index in [1.165, 1.54) is 24.8 Å². The summed E-state index contributed by atoms with van der Waals surface area (Å²) in [6, 6.07) is 7.78. The van der Waals surface area contributed by atoms with Gasteiger partial charge >= 0.3 is 0 Å². The van der Waals surface area contributed by atoms with Crippen molar-refractivity contribution in [2.75, 3.05) is 0 Å². The summed E-state index contributed by atoms with van der Waals surface area (Å²) < 4.78 is 0. The Kier molecular flexibility index (Phi) is 6.95. The van der Waals surface area contributed by atoms with Crippen molar-refractivity contribution in [1.29, 1.82) is 0 Å². The third kappa shape index (κ3) is 5.88. The van der Waals surface area contributed by atoms with Crippen LogP contribution < -0.4 is 0 Å². The van der Waals surface area contributed by atoms with Crippen LogP contribution in [0.15, 0.2) is 24.3 Å². The molecule has 1 unspecified atom stereocenters. The predicted molar refractivity (Wildman–Crippen MR) is 73.5 cm³/mol. The van der Waals surface area contributed by atoms with Crippen LogP contribution in [0.2, 0.25) is 5.02 Å². The van der Waals surface area contributed by atoms with E-state index in [0.717, 1.165) is 30.6 Å². The first-order valence-corrected chi connectivity index (χ1v) is 6.83. The van der Waals surface area contributed by atoms with Crippen molar-refractivity contribution < 1.29 is 4.79 Å². The Labute approximate surface area is 109 Å². The minimum Gasteiger partial charge on any atom is -0.303 e. The molecular weight excluding hydrogens is 232 g/mol. The van der Waals surface area contributed by atoms with Crippen molar-refractivity contribution in [3.63, 3.8) is 0 Å². The van der Waals surface area contributed by atoms with E-state index in [0.29, 0.717) is 0 Å². The molecule has 0 heterocycles. The molecule has 17 heavy (non-hydrogen) atoms. The summed E-state index contributed by atoms with van der Waals surface area (Å²) in [6.07, 6.45) is 7.85. The van der Waals surface area contributed by atoms with Gasteiger partial charge in [-0.1, -0.05) is 56.3 Å². The lowest BCUT2D eigenvalue weighted by Gasteiger charge is -2.10. The smallest absolute Gasteiger partial charge is 0.123 e. The minimum atomic E-state index is 0.160. The molecule has 0 aliphatic heterocycles. The van der Waals surface area contributed by atoms with Crippen LogP contribution in [0.3, 0.4) is 0 Å². The summed E-state index contributed by atoms with van der Waals surface area (Å²) >= 11 is 5.83. The molecule has 94 valence electrons. The van der Waals surface area contributed by atoms with Gasteiger partial charge in [-0.05, 0) is 30.5 Å². The largest absolute Gasteiger partial charge is 0.303 e. The molecule has 0 saturated heterocycles. The lowest BCUT2D eigenvalue weighted by molar-refractivity contribution is -0.111. The van der Waals surface area contributed by atoms with E-state index >= 15 is 0 Å². The Morgan fingerprint density at radius 1 is 1.18 bits per heavy atom. The molecule has 0 radical (unpaired) electrons. The van der Waals surface area contributed by atoms with Gasteiger partial charge in [0.25, 0.3) is 0 Å². The van der Waals surface area contributed by atoms with E-state index in [9.17, 15) is 4.79 Å². The van der Waals surface area contributed by atoms with Crippen molar-refractivity contribution in [2.45, 2.75) is 45.4 Å². The van der Waals surface area contributed by atoms with Crippen LogP contribution in [0.1, 0.15) is 44.6 Å². The highest BCUT2D eigenvalue weighted by molar-refractivity contribution is 6.30. The lowest BCUT2D eigenvalue weighted by Crippen LogP contribution is -2.06. The molecule has 0 aromatic heterocycles. The lowest BCUT2D eigenvalue weighted by atomic mass is 9.95. The average Bonchev–Trinajstić information content (AvgIpc) is 2.35. The SMILES string of the molecule is CCCCCCC(C=O)Cc1ccc(Cl)cc1. The van der Waals surface area contributed by atoms with Crippen LogP contribution in [-0.2, 0) is 11.2 Å². The van der Waals surface area contributed by atoms with E-state index in [-0.39, 0.29) is 5.92 Å². The van der Waals surface area contributed by atoms with Crippen LogP contribution in [0.25, 0.3) is 0 Å². The van der Waals surface area contributed by atoms with Gasteiger partial charge in [-0.3, -0.25) is 0 Å². The van der Waals surface area contributed by atoms with Crippen molar-refractivity contribution in [2.24, 2.45) is 5.92 Å². The van der Waals surface area contributed by atoms with E-state index in [2.05, 4.69) is 6.92 Å². The van der Waals surface area contributed by atoms with Gasteiger partial charge in [-0.25, -0.2) is 0 Å². The van der Waals surface area contributed by atoms with E-state index in [1.54, 1.807) is 0 Å². The molecule has 1 nitrogen and oxygen atoms in total. The number of halogens is 1. The van der Waals surface area contributed by atoms with Gasteiger partial charge in [0.15, 0.2) is 0 Å². The molecular formula is C15H21ClO. The maximum Gasteiger partial charge on any atom is 0.123 e. The Morgan fingerprint density at radius 2 is 1.88 bits per heavy atom. The Hall–Kier alpha value is -0.820. The molecule has 1 aromatic carbocycles. The average molecular weight is 253 g/mol. The van der Waals surface area contributed by atoms with Gasteiger partial charge in [0.1, 0.15) is 6.29 Å². The van der Waals surface area contributed by atoms with Gasteiger partial charge in [0.05, 0.1) is 0 Å². The fourth-order valence-corrected chi connectivity index (χ4v) is 2.10. The second-order valence-electron chi connectivity index (χ2n) is 4.58. The highest BCUT2D eigenvalue weighted by Gasteiger charge is 2.08. The normalized spacial score (nSPS) is 12.4. The van der Waals surface area contributed by atoms with Gasteiger partial charge in [-0.2, -0.15) is 0 Å². The minimum absolute atomic E-state index is 0.160. The molecule has 0 saturated carbocycles. The molecule has 2 heteroatoms. The predicted octanol–water partition coefficient (Wildman–Crippen LogP) is 4.67. The Bertz CT molecular complexity index is 318. The second kappa shape index (κ2) is 8.30. The first-order valence-electron chi connectivity index (χ1n) is 6.46. The summed E-state index contributed by atoms with van der Waals surface area (Å²) in [6.45, 7) is 2.20. The molecule has 0 amide bonds. The Morgan fingerprint density at radius 3 is 2.47 bits per heavy atom. The summed E-state index contributed by atoms with van der Waals surface area (Å²) in [5, 5.41) is 0.749. The summed E-state index contributed by atoms with van der Waals surface area (Å²) in [4.78, 5) is 11.0. The van der Waals surface area contributed by atoms with E-state index in [1.807, 2.05) is 24.3 Å². The zero-order valence-electron chi connectivity index (χ0n) is 10.5. The number of carbonyl (C=O) groups excluding carboxylic acids is 1. The number of hydrogen-bond donors (Lipinski definition) is 0. The molecule has 0 spiro atoms. The third-order valence-corrected chi connectivity index (χ3v) is 3.28. The number of benzene rings is 1. The van der Waals surface area contributed by atoms with Crippen molar-refractivity contribution in [1.82, 2.24) is 0 Å². The van der Waals surface area contributed by atoms with Crippen LogP contribution in [-0.4, -0.2) is 6.29 Å². The number of aldehydes is 1. The highest BCUT2D eigenvalue weighted by Crippen LogP contribution is 2.16. The van der Waals surface area contributed by atoms with Gasteiger partial charge < -0.3 is 4.79 Å². The standard InChI is InChI=1S/C15H21ClO/c1-2-3-4-5-6-14(12-17)11-13-7-9-15(16)10-8-13/h7-10,12,14H,2-6,11H2,1H3. The molecule has 1 atom stereocenters. The highest BCUT2D eigenvalue weighted by atomic mass is 35.5. The van der Waals surface area contributed by atoms with Crippen molar-refractivity contribution in [3.8, 4) is 0 Å². The maximum atomic E-state index is 11.0. The second-order valence-corrected chi connectivity index (χ2v) is 5.01. The zero-order chi connectivity index (χ0) is 12.5. The maximum absolute atomic E-state index is 11.0. The molecule has 0 fully saturated rings. The number of unbranched alkanes of at least 4 members (excludes halogenated alkanes) is 3. The molecule has 0 aliphatic carbocycles. The quantitative estimate of drug-likeness (QED) is 0.485. The number of carbonyl (C=O) groups is 1. The monoisotopic (exact) mass is 252 g/mol. The number of hydrogen-bond acceptors (Lipinski definition) is 1. The molecule has 1 rings (SSSR count). The van der Waals surface area contributed by atoms with Gasteiger partial charge in [0.2, 0.25) is 0 Å². The van der Waals surface area contributed by atoms with Crippen LogP contribution >= 0.6 is 11.6 Å². The zero-order valence-corrected chi connectivity index (χ0v) is 11.2. The first kappa shape index (κ1) is 14.2.